The zero-order valence-corrected chi connectivity index (χ0v) is 11.0. The fraction of sp³-hybridized carbons (Fsp3) is 0.154. The summed E-state index contributed by atoms with van der Waals surface area (Å²) in [6, 6.07) is 6.40. The van der Waals surface area contributed by atoms with Crippen LogP contribution in [0.15, 0.2) is 29.8 Å². The summed E-state index contributed by atoms with van der Waals surface area (Å²) in [5, 5.41) is 11.5. The summed E-state index contributed by atoms with van der Waals surface area (Å²) < 4.78 is 0. The number of benzene rings is 1. The maximum absolute atomic E-state index is 11.8. The molecule has 19 heavy (non-hydrogen) atoms. The van der Waals surface area contributed by atoms with Crippen molar-refractivity contribution in [3.8, 4) is 0 Å². The lowest BCUT2D eigenvalue weighted by Gasteiger charge is -2.04. The molecule has 0 atom stereocenters. The van der Waals surface area contributed by atoms with E-state index >= 15 is 0 Å². The molecule has 0 unspecified atom stereocenters. The Labute approximate surface area is 113 Å². The Morgan fingerprint density at radius 1 is 1.32 bits per heavy atom. The Bertz CT molecular complexity index is 605. The van der Waals surface area contributed by atoms with Crippen molar-refractivity contribution in [1.29, 1.82) is 0 Å². The van der Waals surface area contributed by atoms with Gasteiger partial charge in [0.2, 0.25) is 0 Å². The van der Waals surface area contributed by atoms with Crippen LogP contribution in [0.25, 0.3) is 0 Å². The molecule has 0 aliphatic rings. The summed E-state index contributed by atoms with van der Waals surface area (Å²) in [6.07, 6.45) is 0. The van der Waals surface area contributed by atoms with Gasteiger partial charge in [0, 0.05) is 6.54 Å². The van der Waals surface area contributed by atoms with E-state index in [1.807, 2.05) is 0 Å². The van der Waals surface area contributed by atoms with Crippen LogP contribution in [0.4, 0.5) is 0 Å². The van der Waals surface area contributed by atoms with Crippen LogP contribution < -0.4 is 5.32 Å². The van der Waals surface area contributed by atoms with Gasteiger partial charge >= 0.3 is 5.97 Å². The minimum atomic E-state index is -0.962. The first-order valence-corrected chi connectivity index (χ1v) is 6.46. The Kier molecular flexibility index (Phi) is 3.91. The number of aromatic carboxylic acids is 1. The SMILES string of the molecule is Cc1ncsc1C(=O)NCc1ccc(C(=O)O)cc1. The predicted molar refractivity (Wildman–Crippen MR) is 71.4 cm³/mol. The molecule has 2 rings (SSSR count). The minimum absolute atomic E-state index is 0.165. The number of carboxylic acids is 1. The van der Waals surface area contributed by atoms with E-state index in [0.29, 0.717) is 17.1 Å². The summed E-state index contributed by atoms with van der Waals surface area (Å²) in [5.41, 5.74) is 3.42. The number of carboxylic acid groups (broad SMARTS) is 1. The Balaban J connectivity index is 1.97. The monoisotopic (exact) mass is 276 g/mol. The molecule has 0 saturated heterocycles. The number of nitrogens with zero attached hydrogens (tertiary/aromatic N) is 1. The van der Waals surface area contributed by atoms with Gasteiger partial charge in [-0.3, -0.25) is 4.79 Å². The summed E-state index contributed by atoms with van der Waals surface area (Å²) in [4.78, 5) is 27.2. The average molecular weight is 276 g/mol. The van der Waals surface area contributed by atoms with Crippen molar-refractivity contribution in [2.24, 2.45) is 0 Å². The van der Waals surface area contributed by atoms with Crippen molar-refractivity contribution in [1.82, 2.24) is 10.3 Å². The first kappa shape index (κ1) is 13.2. The third-order valence-corrected chi connectivity index (χ3v) is 3.53. The molecule has 1 aromatic carbocycles. The molecule has 0 radical (unpaired) electrons. The van der Waals surface area contributed by atoms with Crippen LogP contribution in [0.2, 0.25) is 0 Å². The number of amides is 1. The number of nitrogens with one attached hydrogen (secondary N) is 1. The second-order valence-corrected chi connectivity index (χ2v) is 4.81. The van der Waals surface area contributed by atoms with Gasteiger partial charge in [0.15, 0.2) is 0 Å². The van der Waals surface area contributed by atoms with Crippen molar-refractivity contribution in [2.75, 3.05) is 0 Å². The molecule has 0 fully saturated rings. The standard InChI is InChI=1S/C13H12N2O3S/c1-8-11(19-7-15-8)12(16)14-6-9-2-4-10(5-3-9)13(17)18/h2-5,7H,6H2,1H3,(H,14,16)(H,17,18). The molecule has 0 bridgehead atoms. The number of carbonyl (C=O) groups excluding carboxylic acids is 1. The Morgan fingerprint density at radius 3 is 2.53 bits per heavy atom. The van der Waals surface area contributed by atoms with Gasteiger partial charge in [0.1, 0.15) is 4.88 Å². The van der Waals surface area contributed by atoms with Crippen LogP contribution >= 0.6 is 11.3 Å². The molecule has 1 amide bonds. The van der Waals surface area contributed by atoms with Gasteiger partial charge in [-0.2, -0.15) is 0 Å². The van der Waals surface area contributed by atoms with Crippen molar-refractivity contribution < 1.29 is 14.7 Å². The van der Waals surface area contributed by atoms with Crippen LogP contribution in [0.1, 0.15) is 31.3 Å². The first-order valence-electron chi connectivity index (χ1n) is 5.58. The van der Waals surface area contributed by atoms with Gasteiger partial charge in [-0.1, -0.05) is 12.1 Å². The van der Waals surface area contributed by atoms with E-state index in [1.165, 1.54) is 23.5 Å². The molecule has 2 N–H and O–H groups in total. The molecule has 5 nitrogen and oxygen atoms in total. The quantitative estimate of drug-likeness (QED) is 0.896. The van der Waals surface area contributed by atoms with Crippen LogP contribution in [-0.2, 0) is 6.54 Å². The van der Waals surface area contributed by atoms with Gasteiger partial charge < -0.3 is 10.4 Å². The first-order chi connectivity index (χ1) is 9.08. The fourth-order valence-electron chi connectivity index (χ4n) is 1.55. The van der Waals surface area contributed by atoms with Crippen molar-refractivity contribution in [3.63, 3.8) is 0 Å². The zero-order valence-electron chi connectivity index (χ0n) is 10.2. The van der Waals surface area contributed by atoms with E-state index < -0.39 is 5.97 Å². The molecular weight excluding hydrogens is 264 g/mol. The maximum Gasteiger partial charge on any atom is 0.335 e. The third kappa shape index (κ3) is 3.17. The van der Waals surface area contributed by atoms with E-state index in [-0.39, 0.29) is 11.5 Å². The highest BCUT2D eigenvalue weighted by molar-refractivity contribution is 7.11. The topological polar surface area (TPSA) is 79.3 Å². The van der Waals surface area contributed by atoms with Gasteiger partial charge in [-0.15, -0.1) is 11.3 Å². The molecular formula is C13H12N2O3S. The van der Waals surface area contributed by atoms with Crippen molar-refractivity contribution >= 4 is 23.2 Å². The molecule has 2 aromatic rings. The highest BCUT2D eigenvalue weighted by Gasteiger charge is 2.11. The van der Waals surface area contributed by atoms with E-state index in [9.17, 15) is 9.59 Å². The lowest BCUT2D eigenvalue weighted by atomic mass is 10.1. The minimum Gasteiger partial charge on any atom is -0.478 e. The largest absolute Gasteiger partial charge is 0.478 e. The van der Waals surface area contributed by atoms with Gasteiger partial charge in [-0.25, -0.2) is 9.78 Å². The van der Waals surface area contributed by atoms with E-state index in [1.54, 1.807) is 24.6 Å². The zero-order chi connectivity index (χ0) is 13.8. The molecule has 0 spiro atoms. The molecule has 0 aliphatic heterocycles. The van der Waals surface area contributed by atoms with Gasteiger partial charge in [0.05, 0.1) is 16.8 Å². The van der Waals surface area contributed by atoms with Crippen molar-refractivity contribution in [2.45, 2.75) is 13.5 Å². The predicted octanol–water partition coefficient (Wildman–Crippen LogP) is 2.08. The van der Waals surface area contributed by atoms with Crippen LogP contribution in [0, 0.1) is 6.92 Å². The third-order valence-electron chi connectivity index (χ3n) is 2.61. The number of aromatic nitrogens is 1. The number of hydrogen-bond acceptors (Lipinski definition) is 4. The second-order valence-electron chi connectivity index (χ2n) is 3.95. The van der Waals surface area contributed by atoms with Crippen LogP contribution in [0.3, 0.4) is 0 Å². The van der Waals surface area contributed by atoms with Gasteiger partial charge in [0.25, 0.3) is 5.91 Å². The summed E-state index contributed by atoms with van der Waals surface area (Å²) in [6.45, 7) is 2.14. The normalized spacial score (nSPS) is 10.2. The molecule has 1 aromatic heterocycles. The molecule has 0 saturated carbocycles. The summed E-state index contributed by atoms with van der Waals surface area (Å²) >= 11 is 1.30. The van der Waals surface area contributed by atoms with E-state index in [0.717, 1.165) is 5.56 Å². The van der Waals surface area contributed by atoms with Crippen LogP contribution in [-0.4, -0.2) is 22.0 Å². The van der Waals surface area contributed by atoms with E-state index in [2.05, 4.69) is 10.3 Å². The number of rotatable bonds is 4. The summed E-state index contributed by atoms with van der Waals surface area (Å²) in [7, 11) is 0. The lowest BCUT2D eigenvalue weighted by Crippen LogP contribution is -2.22. The number of hydrogen-bond donors (Lipinski definition) is 2. The lowest BCUT2D eigenvalue weighted by molar-refractivity contribution is 0.0696. The highest BCUT2D eigenvalue weighted by atomic mass is 32.1. The van der Waals surface area contributed by atoms with Gasteiger partial charge in [-0.05, 0) is 24.6 Å². The molecule has 6 heteroatoms. The number of aryl methyl sites for hydroxylation is 1. The number of carbonyl (C=O) groups is 2. The Hall–Kier alpha value is -2.21. The highest BCUT2D eigenvalue weighted by Crippen LogP contribution is 2.12. The fourth-order valence-corrected chi connectivity index (χ4v) is 2.27. The van der Waals surface area contributed by atoms with E-state index in [4.69, 9.17) is 5.11 Å². The van der Waals surface area contributed by atoms with Crippen LogP contribution in [0.5, 0.6) is 0 Å². The molecule has 1 heterocycles. The molecule has 0 aliphatic carbocycles. The molecule has 98 valence electrons. The second kappa shape index (κ2) is 5.62. The van der Waals surface area contributed by atoms with Crippen molar-refractivity contribution in [3.05, 3.63) is 51.5 Å². The Morgan fingerprint density at radius 2 is 2.00 bits per heavy atom. The smallest absolute Gasteiger partial charge is 0.335 e. The maximum atomic E-state index is 11.8. The number of thiazole rings is 1. The average Bonchev–Trinajstić information content (AvgIpc) is 2.83. The summed E-state index contributed by atoms with van der Waals surface area (Å²) in [5.74, 6) is -1.13.